The molecule has 0 radical (unpaired) electrons. The fourth-order valence-corrected chi connectivity index (χ4v) is 3.74. The molecule has 2 atom stereocenters. The summed E-state index contributed by atoms with van der Waals surface area (Å²) in [5, 5.41) is 3.17. The fourth-order valence-electron chi connectivity index (χ4n) is 3.74. The Labute approximate surface area is 125 Å². The molecule has 1 N–H and O–H groups in total. The third-order valence-electron chi connectivity index (χ3n) is 5.26. The van der Waals surface area contributed by atoms with E-state index in [1.807, 2.05) is 0 Å². The molecule has 4 nitrogen and oxygen atoms in total. The smallest absolute Gasteiger partial charge is 0.270 e. The minimum absolute atomic E-state index is 0.0115. The van der Waals surface area contributed by atoms with Gasteiger partial charge in [-0.25, -0.2) is 9.97 Å². The number of hydrogen-bond donors (Lipinski definition) is 1. The first-order valence-electron chi connectivity index (χ1n) is 8.45. The van der Waals surface area contributed by atoms with E-state index in [1.54, 1.807) is 12.3 Å². The van der Waals surface area contributed by atoms with Gasteiger partial charge in [0.05, 0.1) is 0 Å². The van der Waals surface area contributed by atoms with Gasteiger partial charge in [0.25, 0.3) is 5.91 Å². The SMILES string of the molecule is O=C(N[C@@H]1C[C@H]1C1CCCCC1)c1ccnc(C2CC2)n1. The molecule has 1 aromatic heterocycles. The van der Waals surface area contributed by atoms with Gasteiger partial charge in [-0.15, -0.1) is 0 Å². The maximum atomic E-state index is 12.3. The third-order valence-corrected chi connectivity index (χ3v) is 5.26. The molecule has 3 saturated carbocycles. The normalized spacial score (nSPS) is 29.1. The number of rotatable bonds is 4. The summed E-state index contributed by atoms with van der Waals surface area (Å²) in [4.78, 5) is 21.0. The van der Waals surface area contributed by atoms with Crippen molar-refractivity contribution in [3.63, 3.8) is 0 Å². The molecule has 4 heteroatoms. The lowest BCUT2D eigenvalue weighted by Gasteiger charge is -2.21. The van der Waals surface area contributed by atoms with E-state index in [0.717, 1.165) is 36.9 Å². The molecular formula is C17H23N3O. The van der Waals surface area contributed by atoms with Gasteiger partial charge in [-0.3, -0.25) is 4.79 Å². The van der Waals surface area contributed by atoms with Crippen molar-refractivity contribution in [3.8, 4) is 0 Å². The number of aromatic nitrogens is 2. The third kappa shape index (κ3) is 2.94. The van der Waals surface area contributed by atoms with Crippen LogP contribution >= 0.6 is 0 Å². The quantitative estimate of drug-likeness (QED) is 0.925. The molecule has 0 aromatic carbocycles. The Bertz CT molecular complexity index is 535. The molecule has 0 unspecified atom stereocenters. The first-order chi connectivity index (χ1) is 10.3. The molecule has 21 heavy (non-hydrogen) atoms. The highest BCUT2D eigenvalue weighted by Crippen LogP contribution is 2.44. The molecule has 3 aliphatic rings. The zero-order valence-corrected chi connectivity index (χ0v) is 12.4. The van der Waals surface area contributed by atoms with Crippen LogP contribution in [0.3, 0.4) is 0 Å². The van der Waals surface area contributed by atoms with Crippen LogP contribution < -0.4 is 5.32 Å². The minimum atomic E-state index is -0.0115. The average molecular weight is 285 g/mol. The summed E-state index contributed by atoms with van der Waals surface area (Å²) in [5.41, 5.74) is 0.543. The number of amides is 1. The van der Waals surface area contributed by atoms with Crippen molar-refractivity contribution in [3.05, 3.63) is 23.8 Å². The van der Waals surface area contributed by atoms with Crippen LogP contribution in [0, 0.1) is 11.8 Å². The summed E-state index contributed by atoms with van der Waals surface area (Å²) in [6.07, 6.45) is 12.1. The van der Waals surface area contributed by atoms with E-state index >= 15 is 0 Å². The van der Waals surface area contributed by atoms with E-state index in [9.17, 15) is 4.79 Å². The molecule has 0 bridgehead atoms. The van der Waals surface area contributed by atoms with Gasteiger partial charge < -0.3 is 5.32 Å². The zero-order chi connectivity index (χ0) is 14.2. The second-order valence-electron chi connectivity index (χ2n) is 6.95. The van der Waals surface area contributed by atoms with Crippen LogP contribution in [0.1, 0.15) is 73.6 Å². The summed E-state index contributed by atoms with van der Waals surface area (Å²) >= 11 is 0. The second kappa shape index (κ2) is 5.39. The van der Waals surface area contributed by atoms with Crippen molar-refractivity contribution >= 4 is 5.91 Å². The second-order valence-corrected chi connectivity index (χ2v) is 6.95. The molecule has 3 aliphatic carbocycles. The van der Waals surface area contributed by atoms with Gasteiger partial charge in [0.15, 0.2) is 0 Å². The number of hydrogen-bond acceptors (Lipinski definition) is 3. The summed E-state index contributed by atoms with van der Waals surface area (Å²) < 4.78 is 0. The van der Waals surface area contributed by atoms with Crippen LogP contribution in [-0.4, -0.2) is 21.9 Å². The molecular weight excluding hydrogens is 262 g/mol. The van der Waals surface area contributed by atoms with E-state index < -0.39 is 0 Å². The lowest BCUT2D eigenvalue weighted by atomic mass is 9.85. The van der Waals surface area contributed by atoms with Crippen molar-refractivity contribution < 1.29 is 4.79 Å². The predicted molar refractivity (Wildman–Crippen MR) is 79.9 cm³/mol. The average Bonchev–Trinajstić information content (AvgIpc) is 3.42. The van der Waals surface area contributed by atoms with Crippen LogP contribution in [0.2, 0.25) is 0 Å². The topological polar surface area (TPSA) is 54.9 Å². The van der Waals surface area contributed by atoms with E-state index in [4.69, 9.17) is 0 Å². The predicted octanol–water partition coefficient (Wildman–Crippen LogP) is 3.05. The van der Waals surface area contributed by atoms with E-state index in [0.29, 0.717) is 17.7 Å². The van der Waals surface area contributed by atoms with Crippen molar-refractivity contribution in [2.75, 3.05) is 0 Å². The summed E-state index contributed by atoms with van der Waals surface area (Å²) in [7, 11) is 0. The standard InChI is InChI=1S/C17H23N3O/c21-17(14-8-9-18-16(19-14)12-6-7-12)20-15-10-13(15)11-4-2-1-3-5-11/h8-9,11-13,15H,1-7,10H2,(H,20,21)/t13-,15+/m0/s1. The van der Waals surface area contributed by atoms with Crippen molar-refractivity contribution in [2.45, 2.75) is 63.3 Å². The highest BCUT2D eigenvalue weighted by atomic mass is 16.2. The van der Waals surface area contributed by atoms with Crippen LogP contribution in [0.25, 0.3) is 0 Å². The molecule has 0 spiro atoms. The van der Waals surface area contributed by atoms with E-state index in [2.05, 4.69) is 15.3 Å². The number of carbonyl (C=O) groups is 1. The molecule has 4 rings (SSSR count). The first-order valence-corrected chi connectivity index (χ1v) is 8.45. The molecule has 0 aliphatic heterocycles. The van der Waals surface area contributed by atoms with Crippen LogP contribution in [-0.2, 0) is 0 Å². The molecule has 1 heterocycles. The fraction of sp³-hybridized carbons (Fsp3) is 0.706. The van der Waals surface area contributed by atoms with Gasteiger partial charge in [0, 0.05) is 18.2 Å². The molecule has 1 amide bonds. The molecule has 1 aromatic rings. The van der Waals surface area contributed by atoms with Crippen LogP contribution in [0.15, 0.2) is 12.3 Å². The number of carbonyl (C=O) groups excluding carboxylic acids is 1. The maximum Gasteiger partial charge on any atom is 0.270 e. The summed E-state index contributed by atoms with van der Waals surface area (Å²) in [6, 6.07) is 2.12. The van der Waals surface area contributed by atoms with E-state index in [1.165, 1.54) is 32.1 Å². The van der Waals surface area contributed by atoms with Crippen molar-refractivity contribution in [1.82, 2.24) is 15.3 Å². The monoisotopic (exact) mass is 285 g/mol. The van der Waals surface area contributed by atoms with Crippen molar-refractivity contribution in [1.29, 1.82) is 0 Å². The Morgan fingerprint density at radius 1 is 1.14 bits per heavy atom. The highest BCUT2D eigenvalue weighted by molar-refractivity contribution is 5.92. The lowest BCUT2D eigenvalue weighted by Crippen LogP contribution is -2.29. The molecule has 3 fully saturated rings. The Balaban J connectivity index is 1.35. The van der Waals surface area contributed by atoms with Crippen molar-refractivity contribution in [2.24, 2.45) is 11.8 Å². The van der Waals surface area contributed by atoms with Gasteiger partial charge in [0.1, 0.15) is 11.5 Å². The summed E-state index contributed by atoms with van der Waals surface area (Å²) in [5.74, 6) is 2.90. The molecule has 0 saturated heterocycles. The Kier molecular flexibility index (Phi) is 3.40. The van der Waals surface area contributed by atoms with E-state index in [-0.39, 0.29) is 5.91 Å². The molecule has 112 valence electrons. The largest absolute Gasteiger partial charge is 0.348 e. The summed E-state index contributed by atoms with van der Waals surface area (Å²) in [6.45, 7) is 0. The Hall–Kier alpha value is -1.45. The zero-order valence-electron chi connectivity index (χ0n) is 12.4. The number of nitrogens with one attached hydrogen (secondary N) is 1. The van der Waals surface area contributed by atoms with Crippen LogP contribution in [0.4, 0.5) is 0 Å². The van der Waals surface area contributed by atoms with Gasteiger partial charge >= 0.3 is 0 Å². The van der Waals surface area contributed by atoms with Gasteiger partial charge in [-0.1, -0.05) is 32.1 Å². The Morgan fingerprint density at radius 3 is 2.71 bits per heavy atom. The maximum absolute atomic E-state index is 12.3. The van der Waals surface area contributed by atoms with Gasteiger partial charge in [0.2, 0.25) is 0 Å². The Morgan fingerprint density at radius 2 is 1.95 bits per heavy atom. The highest BCUT2D eigenvalue weighted by Gasteiger charge is 2.44. The van der Waals surface area contributed by atoms with Gasteiger partial charge in [-0.2, -0.15) is 0 Å². The lowest BCUT2D eigenvalue weighted by molar-refractivity contribution is 0.0941. The van der Waals surface area contributed by atoms with Gasteiger partial charge in [-0.05, 0) is 37.2 Å². The van der Waals surface area contributed by atoms with Crippen LogP contribution in [0.5, 0.6) is 0 Å². The number of nitrogens with zero attached hydrogens (tertiary/aromatic N) is 2. The minimum Gasteiger partial charge on any atom is -0.348 e. The first kappa shape index (κ1) is 13.2.